The highest BCUT2D eigenvalue weighted by Crippen LogP contribution is 2.12. The van der Waals surface area contributed by atoms with Gasteiger partial charge in [-0.2, -0.15) is 5.10 Å². The molecule has 0 aliphatic rings. The Morgan fingerprint density at radius 3 is 2.82 bits per heavy atom. The SMILES string of the molecule is Cc1cn(C)nc1[C@@H](O)CN. The molecule has 11 heavy (non-hydrogen) atoms. The van der Waals surface area contributed by atoms with E-state index in [4.69, 9.17) is 5.73 Å². The van der Waals surface area contributed by atoms with Gasteiger partial charge in [-0.05, 0) is 12.5 Å². The van der Waals surface area contributed by atoms with E-state index in [2.05, 4.69) is 5.10 Å². The van der Waals surface area contributed by atoms with E-state index in [-0.39, 0.29) is 6.54 Å². The minimum absolute atomic E-state index is 0.220. The predicted molar refractivity (Wildman–Crippen MR) is 42.0 cm³/mol. The average Bonchev–Trinajstić information content (AvgIpc) is 2.28. The zero-order chi connectivity index (χ0) is 8.43. The summed E-state index contributed by atoms with van der Waals surface area (Å²) in [6.45, 7) is 2.12. The third-order valence-electron chi connectivity index (χ3n) is 1.59. The van der Waals surface area contributed by atoms with Gasteiger partial charge in [-0.25, -0.2) is 0 Å². The molecular formula is C7H13N3O. The fourth-order valence-electron chi connectivity index (χ4n) is 1.07. The van der Waals surface area contributed by atoms with Gasteiger partial charge in [0, 0.05) is 19.8 Å². The highest BCUT2D eigenvalue weighted by Gasteiger charge is 2.11. The maximum atomic E-state index is 9.32. The average molecular weight is 155 g/mol. The van der Waals surface area contributed by atoms with Crippen LogP contribution in [0.5, 0.6) is 0 Å². The molecule has 3 N–H and O–H groups in total. The van der Waals surface area contributed by atoms with Crippen LogP contribution in [0.4, 0.5) is 0 Å². The number of nitrogens with two attached hydrogens (primary N) is 1. The summed E-state index contributed by atoms with van der Waals surface area (Å²) in [7, 11) is 1.82. The molecule has 0 aliphatic carbocycles. The summed E-state index contributed by atoms with van der Waals surface area (Å²) >= 11 is 0. The van der Waals surface area contributed by atoms with Crippen LogP contribution in [0, 0.1) is 6.92 Å². The standard InChI is InChI=1S/C7H13N3O/c1-5-4-10(2)9-7(5)6(11)3-8/h4,6,11H,3,8H2,1-2H3/t6-/m0/s1. The first kappa shape index (κ1) is 8.23. The monoisotopic (exact) mass is 155 g/mol. The molecule has 1 atom stereocenters. The van der Waals surface area contributed by atoms with Gasteiger partial charge in [0.2, 0.25) is 0 Å². The van der Waals surface area contributed by atoms with Crippen LogP contribution in [0.25, 0.3) is 0 Å². The van der Waals surface area contributed by atoms with Crippen LogP contribution in [0.1, 0.15) is 17.4 Å². The Morgan fingerprint density at radius 1 is 1.82 bits per heavy atom. The molecule has 0 amide bonds. The summed E-state index contributed by atoms with van der Waals surface area (Å²) < 4.78 is 1.67. The Labute approximate surface area is 65.6 Å². The lowest BCUT2D eigenvalue weighted by Gasteiger charge is -2.03. The molecule has 4 nitrogen and oxygen atoms in total. The van der Waals surface area contributed by atoms with Crippen LogP contribution >= 0.6 is 0 Å². The van der Waals surface area contributed by atoms with E-state index >= 15 is 0 Å². The Bertz CT molecular complexity index is 244. The molecule has 0 unspecified atom stereocenters. The molecule has 0 saturated heterocycles. The van der Waals surface area contributed by atoms with Crippen LogP contribution < -0.4 is 5.73 Å². The summed E-state index contributed by atoms with van der Waals surface area (Å²) in [6, 6.07) is 0. The van der Waals surface area contributed by atoms with Gasteiger partial charge in [-0.3, -0.25) is 4.68 Å². The predicted octanol–water partition coefficient (Wildman–Crippen LogP) is -0.279. The van der Waals surface area contributed by atoms with Gasteiger partial charge < -0.3 is 10.8 Å². The van der Waals surface area contributed by atoms with E-state index < -0.39 is 6.10 Å². The van der Waals surface area contributed by atoms with Crippen molar-refractivity contribution in [2.75, 3.05) is 6.54 Å². The lowest BCUT2D eigenvalue weighted by Crippen LogP contribution is -2.13. The lowest BCUT2D eigenvalue weighted by atomic mass is 10.2. The van der Waals surface area contributed by atoms with Gasteiger partial charge in [-0.15, -0.1) is 0 Å². The number of rotatable bonds is 2. The minimum Gasteiger partial charge on any atom is -0.385 e. The second-order valence-electron chi connectivity index (χ2n) is 2.62. The fourth-order valence-corrected chi connectivity index (χ4v) is 1.07. The number of hydrogen-bond donors (Lipinski definition) is 2. The molecule has 0 bridgehead atoms. The molecule has 1 heterocycles. The minimum atomic E-state index is -0.629. The van der Waals surface area contributed by atoms with Crippen LogP contribution in [-0.2, 0) is 7.05 Å². The van der Waals surface area contributed by atoms with Crippen molar-refractivity contribution in [2.24, 2.45) is 12.8 Å². The Hall–Kier alpha value is -0.870. The number of aliphatic hydroxyl groups excluding tert-OH is 1. The third-order valence-corrected chi connectivity index (χ3v) is 1.59. The first-order valence-electron chi connectivity index (χ1n) is 3.53. The number of nitrogens with zero attached hydrogens (tertiary/aromatic N) is 2. The maximum absolute atomic E-state index is 9.32. The number of aryl methyl sites for hydroxylation is 2. The molecule has 4 heteroatoms. The smallest absolute Gasteiger partial charge is 0.110 e. The van der Waals surface area contributed by atoms with E-state index in [0.29, 0.717) is 5.69 Å². The molecule has 0 aliphatic heterocycles. The van der Waals surface area contributed by atoms with Crippen molar-refractivity contribution in [2.45, 2.75) is 13.0 Å². The molecule has 0 radical (unpaired) electrons. The van der Waals surface area contributed by atoms with Crippen LogP contribution in [-0.4, -0.2) is 21.4 Å². The lowest BCUT2D eigenvalue weighted by molar-refractivity contribution is 0.180. The van der Waals surface area contributed by atoms with Gasteiger partial charge in [0.05, 0.1) is 5.69 Å². The van der Waals surface area contributed by atoms with E-state index in [1.807, 2.05) is 20.2 Å². The first-order chi connectivity index (χ1) is 5.15. The summed E-state index contributed by atoms with van der Waals surface area (Å²) in [5, 5.41) is 13.4. The Morgan fingerprint density at radius 2 is 2.45 bits per heavy atom. The highest BCUT2D eigenvalue weighted by molar-refractivity contribution is 5.17. The van der Waals surface area contributed by atoms with Gasteiger partial charge in [0.1, 0.15) is 6.10 Å². The van der Waals surface area contributed by atoms with Crippen molar-refractivity contribution in [1.82, 2.24) is 9.78 Å². The zero-order valence-corrected chi connectivity index (χ0v) is 6.78. The van der Waals surface area contributed by atoms with Crippen LogP contribution in [0.2, 0.25) is 0 Å². The Balaban J connectivity index is 2.93. The van der Waals surface area contributed by atoms with E-state index in [1.54, 1.807) is 4.68 Å². The largest absolute Gasteiger partial charge is 0.385 e. The molecule has 1 aromatic rings. The maximum Gasteiger partial charge on any atom is 0.110 e. The van der Waals surface area contributed by atoms with Crippen LogP contribution in [0.15, 0.2) is 6.20 Å². The molecule has 0 spiro atoms. The van der Waals surface area contributed by atoms with Crippen molar-refractivity contribution in [3.8, 4) is 0 Å². The van der Waals surface area contributed by atoms with Crippen molar-refractivity contribution < 1.29 is 5.11 Å². The normalized spacial score (nSPS) is 13.5. The van der Waals surface area contributed by atoms with Gasteiger partial charge >= 0.3 is 0 Å². The second-order valence-corrected chi connectivity index (χ2v) is 2.62. The number of aromatic nitrogens is 2. The zero-order valence-electron chi connectivity index (χ0n) is 6.78. The summed E-state index contributed by atoms with van der Waals surface area (Å²) in [6.07, 6.45) is 1.23. The topological polar surface area (TPSA) is 64.1 Å². The molecule has 0 aromatic carbocycles. The van der Waals surface area contributed by atoms with Crippen molar-refractivity contribution in [3.05, 3.63) is 17.5 Å². The van der Waals surface area contributed by atoms with Crippen LogP contribution in [0.3, 0.4) is 0 Å². The highest BCUT2D eigenvalue weighted by atomic mass is 16.3. The number of aliphatic hydroxyl groups is 1. The van der Waals surface area contributed by atoms with E-state index in [1.165, 1.54) is 0 Å². The molecular weight excluding hydrogens is 142 g/mol. The third kappa shape index (κ3) is 1.58. The molecule has 62 valence electrons. The molecule has 1 aromatic heterocycles. The molecule has 1 rings (SSSR count). The van der Waals surface area contributed by atoms with Gasteiger partial charge in [0.15, 0.2) is 0 Å². The first-order valence-corrected chi connectivity index (χ1v) is 3.53. The van der Waals surface area contributed by atoms with Gasteiger partial charge in [0.25, 0.3) is 0 Å². The van der Waals surface area contributed by atoms with E-state index in [9.17, 15) is 5.11 Å². The van der Waals surface area contributed by atoms with Crippen molar-refractivity contribution in [3.63, 3.8) is 0 Å². The summed E-state index contributed by atoms with van der Waals surface area (Å²) in [5.74, 6) is 0. The summed E-state index contributed by atoms with van der Waals surface area (Å²) in [4.78, 5) is 0. The van der Waals surface area contributed by atoms with Gasteiger partial charge in [-0.1, -0.05) is 0 Å². The second kappa shape index (κ2) is 3.02. The molecule has 0 saturated carbocycles. The fraction of sp³-hybridized carbons (Fsp3) is 0.571. The number of hydrogen-bond acceptors (Lipinski definition) is 3. The quantitative estimate of drug-likeness (QED) is 0.617. The van der Waals surface area contributed by atoms with E-state index in [0.717, 1.165) is 5.56 Å². The van der Waals surface area contributed by atoms with Crippen molar-refractivity contribution in [1.29, 1.82) is 0 Å². The van der Waals surface area contributed by atoms with Crippen molar-refractivity contribution >= 4 is 0 Å². The Kier molecular flexibility index (Phi) is 2.26. The molecule has 0 fully saturated rings. The summed E-state index contributed by atoms with van der Waals surface area (Å²) in [5.41, 5.74) is 6.94.